The fraction of sp³-hybridized carbons (Fsp3) is 0.200. The van der Waals surface area contributed by atoms with Crippen LogP contribution in [0.25, 0.3) is 0 Å². The molecule has 1 heterocycles. The number of nitrogens with zero attached hydrogens (tertiary/aromatic N) is 1. The van der Waals surface area contributed by atoms with Crippen molar-refractivity contribution in [2.24, 2.45) is 11.8 Å². The van der Waals surface area contributed by atoms with Crippen molar-refractivity contribution in [2.75, 3.05) is 11.5 Å². The van der Waals surface area contributed by atoms with E-state index < -0.39 is 17.3 Å². The fourth-order valence-corrected chi connectivity index (χ4v) is 6.37. The van der Waals surface area contributed by atoms with Gasteiger partial charge in [-0.2, -0.15) is 0 Å². The third-order valence-electron chi connectivity index (χ3n) is 7.20. The summed E-state index contributed by atoms with van der Waals surface area (Å²) in [5, 5.41) is 11.5. The summed E-state index contributed by atoms with van der Waals surface area (Å²) < 4.78 is 0. The summed E-state index contributed by atoms with van der Waals surface area (Å²) in [6, 6.07) is 20.5. The van der Waals surface area contributed by atoms with Crippen molar-refractivity contribution in [3.8, 4) is 0 Å². The van der Waals surface area contributed by atoms with Crippen LogP contribution in [0, 0.1) is 11.8 Å². The van der Waals surface area contributed by atoms with Gasteiger partial charge in [-0.25, -0.2) is 4.90 Å². The van der Waals surface area contributed by atoms with Crippen LogP contribution in [0.5, 0.6) is 0 Å². The fourth-order valence-electron chi connectivity index (χ4n) is 6.08. The van der Waals surface area contributed by atoms with Crippen LogP contribution in [-0.4, -0.2) is 23.5 Å². The molecule has 0 unspecified atom stereocenters. The number of hydrogen-bond donors (Lipinski definition) is 1. The highest BCUT2D eigenvalue weighted by atomic mass is 35.5. The Hall–Kier alpha value is -2.66. The van der Waals surface area contributed by atoms with Crippen LogP contribution in [0.2, 0.25) is 10.0 Å². The lowest BCUT2D eigenvalue weighted by molar-refractivity contribution is -0.124. The van der Waals surface area contributed by atoms with E-state index in [0.29, 0.717) is 10.7 Å². The van der Waals surface area contributed by atoms with Gasteiger partial charge in [0.25, 0.3) is 0 Å². The highest BCUT2D eigenvalue weighted by Crippen LogP contribution is 2.64. The molecule has 4 nitrogen and oxygen atoms in total. The largest absolute Gasteiger partial charge is 0.395 e. The van der Waals surface area contributed by atoms with Crippen LogP contribution in [0.3, 0.4) is 0 Å². The first kappa shape index (κ1) is 19.1. The summed E-state index contributed by atoms with van der Waals surface area (Å²) in [4.78, 5) is 28.8. The zero-order valence-corrected chi connectivity index (χ0v) is 17.8. The van der Waals surface area contributed by atoms with Gasteiger partial charge >= 0.3 is 0 Å². The SMILES string of the molecule is O=C1[C@@H]2C3c4ccccc4C(CO)(c4ccccc43)[C@@H]2C(=O)N1c1ccc(Cl)c(Cl)c1. The third kappa shape index (κ3) is 2.20. The van der Waals surface area contributed by atoms with Crippen LogP contribution in [0.4, 0.5) is 5.69 Å². The molecule has 3 aromatic rings. The number of benzene rings is 3. The van der Waals surface area contributed by atoms with E-state index in [0.717, 1.165) is 22.3 Å². The maximum Gasteiger partial charge on any atom is 0.239 e. The van der Waals surface area contributed by atoms with Crippen molar-refractivity contribution in [2.45, 2.75) is 11.3 Å². The van der Waals surface area contributed by atoms with Crippen LogP contribution < -0.4 is 4.90 Å². The zero-order valence-electron chi connectivity index (χ0n) is 16.3. The predicted octanol–water partition coefficient (Wildman–Crippen LogP) is 4.54. The second-order valence-electron chi connectivity index (χ2n) is 8.40. The lowest BCUT2D eigenvalue weighted by Gasteiger charge is -2.53. The molecular weight excluding hydrogens is 433 g/mol. The van der Waals surface area contributed by atoms with Crippen molar-refractivity contribution in [3.63, 3.8) is 0 Å². The molecule has 3 aliphatic carbocycles. The molecule has 7 rings (SSSR count). The molecule has 0 spiro atoms. The molecule has 0 saturated carbocycles. The molecule has 4 aliphatic rings. The van der Waals surface area contributed by atoms with Gasteiger partial charge in [0.2, 0.25) is 11.8 Å². The molecule has 31 heavy (non-hydrogen) atoms. The maximum atomic E-state index is 13.8. The van der Waals surface area contributed by atoms with Gasteiger partial charge in [-0.15, -0.1) is 0 Å². The molecule has 0 radical (unpaired) electrons. The average Bonchev–Trinajstić information content (AvgIpc) is 3.07. The number of amides is 2. The maximum absolute atomic E-state index is 13.8. The van der Waals surface area contributed by atoms with Crippen molar-refractivity contribution >= 4 is 40.7 Å². The number of imide groups is 1. The van der Waals surface area contributed by atoms with E-state index in [2.05, 4.69) is 0 Å². The third-order valence-corrected chi connectivity index (χ3v) is 7.94. The van der Waals surface area contributed by atoms with Crippen LogP contribution in [0.15, 0.2) is 66.7 Å². The van der Waals surface area contributed by atoms with Gasteiger partial charge in [-0.3, -0.25) is 9.59 Å². The Kier molecular flexibility index (Phi) is 3.95. The molecule has 0 aromatic heterocycles. The first-order chi connectivity index (χ1) is 15.0. The molecule has 1 fully saturated rings. The standard InChI is InChI=1S/C25H17Cl2NO3/c26-18-10-9-13(11-19(18)27)28-23(30)21-20-14-5-1-3-7-16(14)25(12-29,22(21)24(28)31)17-8-4-2-6-15(17)20/h1-11,20-22,29H,12H2/t20?,21-,22+,25?/m1/s1. The van der Waals surface area contributed by atoms with E-state index >= 15 is 0 Å². The highest BCUT2D eigenvalue weighted by molar-refractivity contribution is 6.42. The molecule has 154 valence electrons. The topological polar surface area (TPSA) is 57.6 Å². The molecule has 1 aliphatic heterocycles. The van der Waals surface area contributed by atoms with E-state index in [1.807, 2.05) is 48.5 Å². The van der Waals surface area contributed by atoms with Crippen molar-refractivity contribution in [1.29, 1.82) is 0 Å². The lowest BCUT2D eigenvalue weighted by atomic mass is 9.47. The Labute approximate surface area is 189 Å². The summed E-state index contributed by atoms with van der Waals surface area (Å²) in [5.41, 5.74) is 3.31. The van der Waals surface area contributed by atoms with Crippen molar-refractivity contribution in [3.05, 3.63) is 99.0 Å². The minimum absolute atomic E-state index is 0.241. The van der Waals surface area contributed by atoms with Crippen LogP contribution in [0.1, 0.15) is 28.2 Å². The van der Waals surface area contributed by atoms with E-state index in [1.165, 1.54) is 4.90 Å². The summed E-state index contributed by atoms with van der Waals surface area (Å²) in [7, 11) is 0. The van der Waals surface area contributed by atoms with E-state index in [4.69, 9.17) is 23.2 Å². The van der Waals surface area contributed by atoms with Gasteiger partial charge in [0.05, 0.1) is 39.6 Å². The monoisotopic (exact) mass is 449 g/mol. The molecule has 3 aromatic carbocycles. The first-order valence-electron chi connectivity index (χ1n) is 10.1. The first-order valence-corrected chi connectivity index (χ1v) is 10.9. The Morgan fingerprint density at radius 3 is 2.03 bits per heavy atom. The summed E-state index contributed by atoms with van der Waals surface area (Å²) >= 11 is 12.2. The molecule has 1 saturated heterocycles. The predicted molar refractivity (Wildman–Crippen MR) is 119 cm³/mol. The van der Waals surface area contributed by atoms with Gasteiger partial charge in [0.15, 0.2) is 0 Å². The number of carbonyl (C=O) groups excluding carboxylic acids is 2. The normalized spacial score (nSPS) is 27.8. The lowest BCUT2D eigenvalue weighted by Crippen LogP contribution is -2.55. The summed E-state index contributed by atoms with van der Waals surface area (Å²) in [5.74, 6) is -2.08. The van der Waals surface area contributed by atoms with E-state index in [1.54, 1.807) is 18.2 Å². The average molecular weight is 450 g/mol. The number of aliphatic hydroxyl groups is 1. The smallest absolute Gasteiger partial charge is 0.239 e. The van der Waals surface area contributed by atoms with Gasteiger partial charge in [-0.05, 0) is 40.5 Å². The number of aliphatic hydroxyl groups excluding tert-OH is 1. The molecular formula is C25H17Cl2NO3. The van der Waals surface area contributed by atoms with Crippen LogP contribution in [-0.2, 0) is 15.0 Å². The molecule has 2 atom stereocenters. The molecule has 2 bridgehead atoms. The Morgan fingerprint density at radius 1 is 0.839 bits per heavy atom. The molecule has 2 amide bonds. The zero-order chi connectivity index (χ0) is 21.5. The van der Waals surface area contributed by atoms with E-state index in [9.17, 15) is 14.7 Å². The summed E-state index contributed by atoms with van der Waals surface area (Å²) in [6.07, 6.45) is 0. The minimum atomic E-state index is -0.968. The van der Waals surface area contributed by atoms with Gasteiger partial charge in [0.1, 0.15) is 0 Å². The molecule has 1 N–H and O–H groups in total. The minimum Gasteiger partial charge on any atom is -0.395 e. The number of anilines is 1. The quantitative estimate of drug-likeness (QED) is 0.584. The Bertz CT molecular complexity index is 1240. The number of carbonyl (C=O) groups is 2. The molecule has 6 heteroatoms. The number of rotatable bonds is 2. The van der Waals surface area contributed by atoms with Gasteiger partial charge < -0.3 is 5.11 Å². The summed E-state index contributed by atoms with van der Waals surface area (Å²) in [6.45, 7) is -0.261. The van der Waals surface area contributed by atoms with Gasteiger partial charge in [0, 0.05) is 5.92 Å². The van der Waals surface area contributed by atoms with Crippen molar-refractivity contribution in [1.82, 2.24) is 0 Å². The van der Waals surface area contributed by atoms with Crippen molar-refractivity contribution < 1.29 is 14.7 Å². The van der Waals surface area contributed by atoms with Crippen LogP contribution >= 0.6 is 23.2 Å². The van der Waals surface area contributed by atoms with E-state index in [-0.39, 0.29) is 29.4 Å². The number of hydrogen-bond acceptors (Lipinski definition) is 3. The number of halogens is 2. The second kappa shape index (κ2) is 6.42. The highest BCUT2D eigenvalue weighted by Gasteiger charge is 2.68. The Balaban J connectivity index is 1.62. The van der Waals surface area contributed by atoms with Gasteiger partial charge in [-0.1, -0.05) is 71.7 Å². The Morgan fingerprint density at radius 2 is 1.45 bits per heavy atom. The second-order valence-corrected chi connectivity index (χ2v) is 9.21.